The summed E-state index contributed by atoms with van der Waals surface area (Å²) in [6, 6.07) is 2.21. The molecular formula is C17H21NO4. The number of hydrogen-bond donors (Lipinski definition) is 0. The average molecular weight is 303 g/mol. The molecule has 3 aliphatic carbocycles. The highest BCUT2D eigenvalue weighted by atomic mass is 16.6. The summed E-state index contributed by atoms with van der Waals surface area (Å²) in [4.78, 5) is 24.7. The summed E-state index contributed by atoms with van der Waals surface area (Å²) in [5, 5.41) is 9.48. The average Bonchev–Trinajstić information content (AvgIpc) is 3.03. The lowest BCUT2D eigenvalue weighted by Gasteiger charge is -2.48. The van der Waals surface area contributed by atoms with Crippen molar-refractivity contribution in [1.29, 1.82) is 5.26 Å². The summed E-state index contributed by atoms with van der Waals surface area (Å²) in [5.41, 5.74) is -1.70. The van der Waals surface area contributed by atoms with Gasteiger partial charge in [-0.05, 0) is 38.5 Å². The predicted octanol–water partition coefficient (Wildman–Crippen LogP) is 2.06. The van der Waals surface area contributed by atoms with E-state index in [1.807, 2.05) is 27.7 Å². The molecule has 118 valence electrons. The van der Waals surface area contributed by atoms with E-state index in [0.29, 0.717) is 12.3 Å². The summed E-state index contributed by atoms with van der Waals surface area (Å²) in [6.45, 7) is 7.75. The Morgan fingerprint density at radius 2 is 2.14 bits per heavy atom. The van der Waals surface area contributed by atoms with Crippen molar-refractivity contribution in [1.82, 2.24) is 0 Å². The molecule has 4 fully saturated rings. The molecule has 5 nitrogen and oxygen atoms in total. The highest BCUT2D eigenvalue weighted by Gasteiger charge is 2.91. The third-order valence-electron chi connectivity index (χ3n) is 7.05. The van der Waals surface area contributed by atoms with Gasteiger partial charge >= 0.3 is 11.9 Å². The number of ether oxygens (including phenoxy) is 2. The molecular weight excluding hydrogens is 282 g/mol. The second-order valence-electron chi connectivity index (χ2n) is 8.35. The fourth-order valence-corrected chi connectivity index (χ4v) is 4.87. The number of esters is 2. The zero-order valence-corrected chi connectivity index (χ0v) is 13.4. The molecule has 5 heteroatoms. The van der Waals surface area contributed by atoms with Crippen molar-refractivity contribution in [2.75, 3.05) is 0 Å². The highest BCUT2D eigenvalue weighted by Crippen LogP contribution is 2.84. The van der Waals surface area contributed by atoms with Gasteiger partial charge in [0, 0.05) is 11.3 Å². The summed E-state index contributed by atoms with van der Waals surface area (Å²) >= 11 is 0. The Labute approximate surface area is 129 Å². The largest absolute Gasteiger partial charge is 0.457 e. The molecule has 0 aromatic rings. The Balaban J connectivity index is 1.60. The highest BCUT2D eigenvalue weighted by molar-refractivity contribution is 5.86. The molecule has 1 saturated heterocycles. The number of rotatable bonds is 3. The first-order chi connectivity index (χ1) is 10.2. The molecule has 4 rings (SSSR count). The first-order valence-corrected chi connectivity index (χ1v) is 8.05. The molecule has 0 aromatic carbocycles. The van der Waals surface area contributed by atoms with Crippen molar-refractivity contribution >= 4 is 11.9 Å². The van der Waals surface area contributed by atoms with Crippen LogP contribution in [0.5, 0.6) is 0 Å². The van der Waals surface area contributed by atoms with Crippen molar-refractivity contribution < 1.29 is 19.1 Å². The molecule has 6 atom stereocenters. The van der Waals surface area contributed by atoms with Crippen LogP contribution in [0.15, 0.2) is 0 Å². The van der Waals surface area contributed by atoms with Crippen molar-refractivity contribution in [2.45, 2.75) is 52.7 Å². The molecule has 1 aliphatic heterocycles. The van der Waals surface area contributed by atoms with E-state index in [1.54, 1.807) is 0 Å². The van der Waals surface area contributed by atoms with Crippen LogP contribution in [0.3, 0.4) is 0 Å². The number of hydrogen-bond acceptors (Lipinski definition) is 5. The van der Waals surface area contributed by atoms with Gasteiger partial charge in [-0.25, -0.2) is 0 Å². The third-order valence-corrected chi connectivity index (χ3v) is 7.05. The van der Waals surface area contributed by atoms with Gasteiger partial charge in [0.25, 0.3) is 0 Å². The van der Waals surface area contributed by atoms with Crippen LogP contribution >= 0.6 is 0 Å². The molecule has 0 amide bonds. The van der Waals surface area contributed by atoms with E-state index in [2.05, 4.69) is 6.07 Å². The van der Waals surface area contributed by atoms with Gasteiger partial charge in [0.1, 0.15) is 12.2 Å². The van der Waals surface area contributed by atoms with Gasteiger partial charge < -0.3 is 9.47 Å². The first-order valence-electron chi connectivity index (χ1n) is 8.05. The van der Waals surface area contributed by atoms with E-state index in [9.17, 15) is 14.9 Å². The van der Waals surface area contributed by atoms with Gasteiger partial charge in [0.05, 0.1) is 11.5 Å². The van der Waals surface area contributed by atoms with Gasteiger partial charge in [0.2, 0.25) is 0 Å². The lowest BCUT2D eigenvalue weighted by molar-refractivity contribution is -0.206. The van der Waals surface area contributed by atoms with Crippen LogP contribution in [0.4, 0.5) is 0 Å². The van der Waals surface area contributed by atoms with Crippen molar-refractivity contribution in [3.8, 4) is 6.07 Å². The Kier molecular flexibility index (Phi) is 2.34. The molecule has 3 saturated carbocycles. The summed E-state index contributed by atoms with van der Waals surface area (Å²) in [5.74, 6) is -0.207. The zero-order valence-electron chi connectivity index (χ0n) is 13.4. The molecule has 22 heavy (non-hydrogen) atoms. The van der Waals surface area contributed by atoms with E-state index in [-0.39, 0.29) is 29.3 Å². The molecule has 0 aromatic heterocycles. The van der Waals surface area contributed by atoms with Gasteiger partial charge in [-0.15, -0.1) is 0 Å². The van der Waals surface area contributed by atoms with Crippen LogP contribution in [0.25, 0.3) is 0 Å². The number of carbonyl (C=O) groups is 2. The topological polar surface area (TPSA) is 76.4 Å². The molecule has 1 heterocycles. The van der Waals surface area contributed by atoms with Gasteiger partial charge in [-0.3, -0.25) is 9.59 Å². The third kappa shape index (κ3) is 1.23. The van der Waals surface area contributed by atoms with Crippen molar-refractivity contribution in [3.63, 3.8) is 0 Å². The fourth-order valence-electron chi connectivity index (χ4n) is 4.87. The van der Waals surface area contributed by atoms with E-state index < -0.39 is 22.9 Å². The minimum Gasteiger partial charge on any atom is -0.457 e. The second-order valence-corrected chi connectivity index (χ2v) is 8.35. The maximum absolute atomic E-state index is 12.5. The van der Waals surface area contributed by atoms with Crippen molar-refractivity contribution in [3.05, 3.63) is 0 Å². The van der Waals surface area contributed by atoms with E-state index in [0.717, 1.165) is 6.42 Å². The fraction of sp³-hybridized carbons (Fsp3) is 0.824. The van der Waals surface area contributed by atoms with Gasteiger partial charge in [-0.1, -0.05) is 13.8 Å². The number of nitriles is 1. The smallest absolute Gasteiger partial charge is 0.327 e. The SMILES string of the molecule is CC(C)C(C)(C)C(=O)OC1C2OC(=O)C3(C#N)CC4C[C@@]41C23. The van der Waals surface area contributed by atoms with Crippen LogP contribution in [0.1, 0.15) is 40.5 Å². The van der Waals surface area contributed by atoms with Crippen LogP contribution in [-0.4, -0.2) is 24.1 Å². The summed E-state index contributed by atoms with van der Waals surface area (Å²) < 4.78 is 11.2. The minimum absolute atomic E-state index is 0.0672. The Bertz CT molecular complexity index is 633. The van der Waals surface area contributed by atoms with E-state index in [1.165, 1.54) is 0 Å². The molecule has 4 aliphatic rings. The standard InChI is InChI=1S/C17H21NO4/c1-8(2)15(3,4)13(19)22-12-10-11-16(7-18,14(20)21-10)5-9-6-17(9,11)12/h8-12H,5-6H2,1-4H3/t9?,10?,11?,12?,16?,17-/m0/s1. The maximum atomic E-state index is 12.5. The minimum atomic E-state index is -0.968. The lowest BCUT2D eigenvalue weighted by atomic mass is 9.59. The predicted molar refractivity (Wildman–Crippen MR) is 75.1 cm³/mol. The summed E-state index contributed by atoms with van der Waals surface area (Å²) in [7, 11) is 0. The van der Waals surface area contributed by atoms with Gasteiger partial charge in [-0.2, -0.15) is 5.26 Å². The van der Waals surface area contributed by atoms with E-state index >= 15 is 0 Å². The number of nitrogens with zero attached hydrogens (tertiary/aromatic N) is 1. The Morgan fingerprint density at radius 3 is 2.73 bits per heavy atom. The second kappa shape index (κ2) is 3.67. The normalized spacial score (nSPS) is 47.2. The van der Waals surface area contributed by atoms with Crippen molar-refractivity contribution in [2.24, 2.45) is 34.0 Å². The summed E-state index contributed by atoms with van der Waals surface area (Å²) in [6.07, 6.45) is 0.764. The van der Waals surface area contributed by atoms with Crippen LogP contribution in [0.2, 0.25) is 0 Å². The monoisotopic (exact) mass is 303 g/mol. The molecule has 1 spiro atoms. The molecule has 0 bridgehead atoms. The Morgan fingerprint density at radius 1 is 1.45 bits per heavy atom. The molecule has 5 unspecified atom stereocenters. The first kappa shape index (κ1) is 14.0. The molecule has 0 N–H and O–H groups in total. The number of carbonyl (C=O) groups excluding carboxylic acids is 2. The Hall–Kier alpha value is -1.57. The van der Waals surface area contributed by atoms with Crippen LogP contribution in [0, 0.1) is 45.3 Å². The molecule has 0 radical (unpaired) electrons. The van der Waals surface area contributed by atoms with E-state index in [4.69, 9.17) is 9.47 Å². The van der Waals surface area contributed by atoms with Gasteiger partial charge in [0.15, 0.2) is 5.41 Å². The maximum Gasteiger partial charge on any atom is 0.327 e. The quantitative estimate of drug-likeness (QED) is 0.746. The van der Waals surface area contributed by atoms with Crippen LogP contribution < -0.4 is 0 Å². The lowest BCUT2D eigenvalue weighted by Crippen LogP contribution is -2.60. The van der Waals surface area contributed by atoms with Crippen LogP contribution in [-0.2, 0) is 19.1 Å². The zero-order chi connectivity index (χ0) is 16.1.